The molecule has 1 fully saturated rings. The molecular formula is C27H30ClF2N5O8S. The number of hydrogen-bond acceptors (Lipinski definition) is 11. The number of fused-ring (bicyclic) bond motifs is 2. The molecule has 1 spiro atoms. The van der Waals surface area contributed by atoms with Gasteiger partial charge in [0.25, 0.3) is 5.92 Å². The van der Waals surface area contributed by atoms with E-state index in [9.17, 15) is 18.4 Å². The van der Waals surface area contributed by atoms with Gasteiger partial charge >= 0.3 is 11.9 Å². The summed E-state index contributed by atoms with van der Waals surface area (Å²) in [5.41, 5.74) is 2.11. The summed E-state index contributed by atoms with van der Waals surface area (Å²) in [7, 11) is 1.49. The predicted molar refractivity (Wildman–Crippen MR) is 153 cm³/mol. The molecule has 238 valence electrons. The number of aliphatic carboxylic acids is 2. The van der Waals surface area contributed by atoms with Crippen molar-refractivity contribution in [2.75, 3.05) is 26.8 Å². The van der Waals surface area contributed by atoms with Gasteiger partial charge < -0.3 is 30.0 Å². The van der Waals surface area contributed by atoms with E-state index in [1.54, 1.807) is 17.1 Å². The first-order valence-electron chi connectivity index (χ1n) is 13.2. The fourth-order valence-corrected chi connectivity index (χ4v) is 6.35. The second-order valence-electron chi connectivity index (χ2n) is 10.1. The number of carboxylic acid groups (broad SMARTS) is 2. The lowest BCUT2D eigenvalue weighted by atomic mass is 9.84. The average Bonchev–Trinajstić information content (AvgIpc) is 3.58. The molecule has 2 aliphatic rings. The van der Waals surface area contributed by atoms with Crippen LogP contribution in [0.3, 0.4) is 0 Å². The zero-order valence-electron chi connectivity index (χ0n) is 23.6. The van der Waals surface area contributed by atoms with Gasteiger partial charge in [-0.3, -0.25) is 4.90 Å². The first kappa shape index (κ1) is 33.4. The Balaban J connectivity index is 0.000000382. The van der Waals surface area contributed by atoms with Gasteiger partial charge in [0.1, 0.15) is 19.3 Å². The number of aromatic nitrogens is 3. The summed E-state index contributed by atoms with van der Waals surface area (Å²) in [5.74, 6) is -5.87. The highest BCUT2D eigenvalue weighted by molar-refractivity contribution is 7.16. The van der Waals surface area contributed by atoms with Crippen LogP contribution in [0.2, 0.25) is 4.34 Å². The number of aliphatic hydroxyl groups excluding tert-OH is 2. The van der Waals surface area contributed by atoms with Crippen molar-refractivity contribution in [3.63, 3.8) is 0 Å². The van der Waals surface area contributed by atoms with Crippen molar-refractivity contribution in [1.82, 2.24) is 19.7 Å². The van der Waals surface area contributed by atoms with Crippen molar-refractivity contribution in [3.05, 3.63) is 62.2 Å². The maximum atomic E-state index is 14.4. The molecule has 2 aliphatic heterocycles. The smallest absolute Gasteiger partial charge is 0.335 e. The molecular weight excluding hydrogens is 628 g/mol. The number of rotatable bonds is 8. The summed E-state index contributed by atoms with van der Waals surface area (Å²) in [6.45, 7) is 3.51. The molecule has 4 N–H and O–H groups in total. The van der Waals surface area contributed by atoms with Crippen molar-refractivity contribution in [2.45, 2.75) is 50.0 Å². The summed E-state index contributed by atoms with van der Waals surface area (Å²) in [6.07, 6.45) is 2.02. The van der Waals surface area contributed by atoms with Gasteiger partial charge in [0.15, 0.2) is 18.0 Å². The van der Waals surface area contributed by atoms with Crippen molar-refractivity contribution < 1.29 is 48.4 Å². The number of pyridine rings is 1. The highest BCUT2D eigenvalue weighted by Gasteiger charge is 2.51. The number of halogens is 3. The molecule has 0 radical (unpaired) electrons. The largest absolute Gasteiger partial charge is 0.479 e. The maximum absolute atomic E-state index is 14.4. The van der Waals surface area contributed by atoms with Gasteiger partial charge in [0, 0.05) is 53.6 Å². The number of thiophene rings is 1. The third kappa shape index (κ3) is 7.22. The van der Waals surface area contributed by atoms with E-state index in [1.807, 2.05) is 25.3 Å². The van der Waals surface area contributed by atoms with Crippen molar-refractivity contribution in [2.24, 2.45) is 5.16 Å². The Morgan fingerprint density at radius 1 is 1.25 bits per heavy atom. The van der Waals surface area contributed by atoms with Crippen LogP contribution < -0.4 is 0 Å². The molecule has 0 saturated carbocycles. The van der Waals surface area contributed by atoms with Crippen LogP contribution in [0.1, 0.15) is 40.1 Å². The number of alkyl halides is 2. The highest BCUT2D eigenvalue weighted by Crippen LogP contribution is 2.52. The van der Waals surface area contributed by atoms with Crippen LogP contribution in [0.15, 0.2) is 35.7 Å². The summed E-state index contributed by atoms with van der Waals surface area (Å²) in [6, 6.07) is 5.13. The number of carboxylic acids is 2. The second-order valence-corrected chi connectivity index (χ2v) is 11.8. The minimum atomic E-state index is -2.99. The number of likely N-dealkylation sites (tertiary alicyclic amines) is 1. The Morgan fingerprint density at radius 2 is 1.91 bits per heavy atom. The SMILES string of the molecule is CO/N=C/c1cccnc1-n1cc(CN2CCC3(CC2)OCC(F)(F)c2cc(Cl)sc23)c(C)n1.O=C(O)[C@H](O)[C@@H](O)C(=O)O. The molecule has 13 nitrogen and oxygen atoms in total. The van der Waals surface area contributed by atoms with Crippen LogP contribution in [0.4, 0.5) is 8.78 Å². The van der Waals surface area contributed by atoms with Gasteiger partial charge in [0.05, 0.1) is 16.2 Å². The van der Waals surface area contributed by atoms with E-state index >= 15 is 0 Å². The van der Waals surface area contributed by atoms with Crippen molar-refractivity contribution >= 4 is 41.1 Å². The molecule has 0 unspecified atom stereocenters. The van der Waals surface area contributed by atoms with Crippen LogP contribution >= 0.6 is 22.9 Å². The van der Waals surface area contributed by atoms with E-state index in [2.05, 4.69) is 20.1 Å². The Hall–Kier alpha value is -3.54. The summed E-state index contributed by atoms with van der Waals surface area (Å²) >= 11 is 7.33. The third-order valence-electron chi connectivity index (χ3n) is 7.23. The fourth-order valence-electron chi connectivity index (χ4n) is 4.87. The van der Waals surface area contributed by atoms with E-state index in [-0.39, 0.29) is 5.56 Å². The Bertz CT molecular complexity index is 1510. The monoisotopic (exact) mass is 657 g/mol. The van der Waals surface area contributed by atoms with Gasteiger partial charge in [-0.15, -0.1) is 11.3 Å². The van der Waals surface area contributed by atoms with Gasteiger partial charge in [-0.1, -0.05) is 16.8 Å². The molecule has 17 heteroatoms. The topological polar surface area (TPSA) is 180 Å². The molecule has 0 bridgehead atoms. The molecule has 5 rings (SSSR count). The highest BCUT2D eigenvalue weighted by atomic mass is 35.5. The number of piperidine rings is 1. The minimum absolute atomic E-state index is 0.0301. The Morgan fingerprint density at radius 3 is 2.52 bits per heavy atom. The number of aliphatic hydroxyl groups is 2. The lowest BCUT2D eigenvalue weighted by Gasteiger charge is -2.45. The standard InChI is InChI=1S/C23H24ClF2N5O2S.C4H6O6/c1-15-17(13-31(29-15)21-16(11-28-32-2)4-3-7-27-21)12-30-8-5-22(6-9-30)20-18(10-19(24)34-20)23(25,26)14-33-22;5-1(3(7)8)2(6)4(9)10/h3-4,7,10-11,13H,5-6,8-9,12,14H2,1-2H3;1-2,5-6H,(H,7,8)(H,9,10)/b28-11+;/t;1-,2-/m.1/s1. The molecule has 0 amide bonds. The van der Waals surface area contributed by atoms with E-state index in [0.29, 0.717) is 34.4 Å². The van der Waals surface area contributed by atoms with E-state index in [4.69, 9.17) is 41.6 Å². The summed E-state index contributed by atoms with van der Waals surface area (Å²) in [5, 5.41) is 41.0. The van der Waals surface area contributed by atoms with Crippen LogP contribution in [0.5, 0.6) is 0 Å². The predicted octanol–water partition coefficient (Wildman–Crippen LogP) is 2.76. The van der Waals surface area contributed by atoms with E-state index in [0.717, 1.165) is 29.9 Å². The molecule has 2 atom stereocenters. The molecule has 1 saturated heterocycles. The molecule has 0 aromatic carbocycles. The van der Waals surface area contributed by atoms with Gasteiger partial charge in [0.2, 0.25) is 0 Å². The van der Waals surface area contributed by atoms with Gasteiger partial charge in [-0.05, 0) is 38.0 Å². The van der Waals surface area contributed by atoms with Crippen molar-refractivity contribution in [3.8, 4) is 5.82 Å². The number of aryl methyl sites for hydroxylation is 1. The number of ether oxygens (including phenoxy) is 1. The molecule has 3 aromatic heterocycles. The van der Waals surface area contributed by atoms with Crippen LogP contribution in [0.25, 0.3) is 5.82 Å². The van der Waals surface area contributed by atoms with Crippen LogP contribution in [0, 0.1) is 6.92 Å². The summed E-state index contributed by atoms with van der Waals surface area (Å²) in [4.78, 5) is 31.7. The fraction of sp³-hybridized carbons (Fsp3) is 0.444. The minimum Gasteiger partial charge on any atom is -0.479 e. The summed E-state index contributed by atoms with van der Waals surface area (Å²) < 4.78 is 36.7. The van der Waals surface area contributed by atoms with Gasteiger partial charge in [-0.25, -0.2) is 19.3 Å². The van der Waals surface area contributed by atoms with E-state index in [1.165, 1.54) is 24.5 Å². The number of oxime groups is 1. The van der Waals surface area contributed by atoms with Crippen LogP contribution in [-0.4, -0.2) is 97.3 Å². The van der Waals surface area contributed by atoms with Crippen molar-refractivity contribution in [1.29, 1.82) is 0 Å². The molecule has 44 heavy (non-hydrogen) atoms. The normalized spacial score (nSPS) is 18.7. The first-order chi connectivity index (χ1) is 20.8. The lowest BCUT2D eigenvalue weighted by molar-refractivity contribution is -0.182. The quantitative estimate of drug-likeness (QED) is 0.207. The third-order valence-corrected chi connectivity index (χ3v) is 8.68. The molecule has 0 aliphatic carbocycles. The number of nitrogens with zero attached hydrogens (tertiary/aromatic N) is 5. The maximum Gasteiger partial charge on any atom is 0.335 e. The zero-order chi connectivity index (χ0) is 32.2. The first-order valence-corrected chi connectivity index (χ1v) is 14.4. The molecule has 5 heterocycles. The lowest BCUT2D eigenvalue weighted by Crippen LogP contribution is -2.48. The number of carbonyl (C=O) groups is 2. The van der Waals surface area contributed by atoms with E-state index < -0.39 is 42.3 Å². The Kier molecular flexibility index (Phi) is 10.3. The Labute approximate surface area is 258 Å². The average molecular weight is 658 g/mol. The van der Waals surface area contributed by atoms with Crippen LogP contribution in [-0.2, 0) is 37.2 Å². The van der Waals surface area contributed by atoms with Gasteiger partial charge in [-0.2, -0.15) is 13.9 Å². The second kappa shape index (κ2) is 13.6. The zero-order valence-corrected chi connectivity index (χ0v) is 25.1. The number of hydrogen-bond donors (Lipinski definition) is 4. The molecule has 3 aromatic rings.